The van der Waals surface area contributed by atoms with Gasteiger partial charge < -0.3 is 20.5 Å². The van der Waals surface area contributed by atoms with Gasteiger partial charge in [0.05, 0.1) is 5.92 Å². The van der Waals surface area contributed by atoms with Gasteiger partial charge in [0.2, 0.25) is 0 Å². The van der Waals surface area contributed by atoms with Crippen molar-refractivity contribution in [1.29, 1.82) is 0 Å². The van der Waals surface area contributed by atoms with E-state index >= 15 is 0 Å². The second kappa shape index (κ2) is 8.56. The normalized spacial score (nSPS) is 24.2. The zero-order chi connectivity index (χ0) is 22.2. The molecular weight excluding hydrogens is 410 g/mol. The van der Waals surface area contributed by atoms with Crippen LogP contribution in [-0.2, 0) is 6.54 Å². The average Bonchev–Trinajstić information content (AvgIpc) is 3.35. The monoisotopic (exact) mass is 439 g/mol. The van der Waals surface area contributed by atoms with Gasteiger partial charge in [0, 0.05) is 56.9 Å². The molecule has 33 heavy (non-hydrogen) atoms. The van der Waals surface area contributed by atoms with Gasteiger partial charge in [-0.3, -0.25) is 9.80 Å². The Morgan fingerprint density at radius 2 is 1.85 bits per heavy atom. The lowest BCUT2D eigenvalue weighted by molar-refractivity contribution is -0.736. The molecule has 0 saturated carbocycles. The van der Waals surface area contributed by atoms with Crippen molar-refractivity contribution in [3.63, 3.8) is 0 Å². The second-order valence-electron chi connectivity index (χ2n) is 9.03. The number of hydrogen-bond donors (Lipinski definition) is 2. The molecule has 0 aromatic heterocycles. The number of piperazine rings is 1. The van der Waals surface area contributed by atoms with Crippen LogP contribution in [-0.4, -0.2) is 31.1 Å². The van der Waals surface area contributed by atoms with E-state index < -0.39 is 0 Å². The summed E-state index contributed by atoms with van der Waals surface area (Å²) in [5.74, 6) is 1.01. The number of nitrogens with one attached hydrogen (secondary N) is 2. The Morgan fingerprint density at radius 3 is 2.64 bits per heavy atom. The molecule has 0 bridgehead atoms. The van der Waals surface area contributed by atoms with E-state index in [1.807, 2.05) is 30.6 Å². The maximum atomic E-state index is 13.5. The lowest BCUT2D eigenvalue weighted by atomic mass is 9.95. The Labute approximate surface area is 195 Å². The molecule has 0 spiro atoms. The van der Waals surface area contributed by atoms with E-state index in [2.05, 4.69) is 74.6 Å². The predicted octanol–water partition coefficient (Wildman–Crippen LogP) is 3.22. The highest BCUT2D eigenvalue weighted by Gasteiger charge is 2.36. The maximum Gasteiger partial charge on any atom is 0.174 e. The average molecular weight is 440 g/mol. The largest absolute Gasteiger partial charge is 0.623 e. The van der Waals surface area contributed by atoms with Crippen molar-refractivity contribution < 1.29 is 5.06 Å². The van der Waals surface area contributed by atoms with E-state index in [1.165, 1.54) is 11.3 Å². The van der Waals surface area contributed by atoms with Crippen LogP contribution >= 0.6 is 0 Å². The third-order valence-corrected chi connectivity index (χ3v) is 7.01. The molecular formula is C27H29N5O. The minimum absolute atomic E-state index is 0.109. The summed E-state index contributed by atoms with van der Waals surface area (Å²) in [5, 5.41) is 17.0. The topological polar surface area (TPSA) is 49.3 Å². The minimum atomic E-state index is 0.109. The number of allylic oxidation sites excluding steroid dienone is 4. The van der Waals surface area contributed by atoms with Crippen LogP contribution in [0, 0.1) is 11.1 Å². The minimum Gasteiger partial charge on any atom is -0.623 e. The van der Waals surface area contributed by atoms with Gasteiger partial charge in [-0.05, 0) is 24.1 Å². The highest BCUT2D eigenvalue weighted by atomic mass is 16.5. The quantitative estimate of drug-likeness (QED) is 0.717. The molecule has 2 unspecified atom stereocenters. The van der Waals surface area contributed by atoms with Crippen molar-refractivity contribution in [2.24, 2.45) is 5.92 Å². The number of quaternary nitrogens is 1. The summed E-state index contributed by atoms with van der Waals surface area (Å²) >= 11 is 0. The van der Waals surface area contributed by atoms with Crippen LogP contribution in [0.1, 0.15) is 12.0 Å². The zero-order valence-electron chi connectivity index (χ0n) is 18.7. The van der Waals surface area contributed by atoms with Crippen molar-refractivity contribution in [1.82, 2.24) is 10.2 Å². The van der Waals surface area contributed by atoms with Crippen molar-refractivity contribution in [2.45, 2.75) is 13.0 Å². The Balaban J connectivity index is 1.21. The highest BCUT2D eigenvalue weighted by Crippen LogP contribution is 2.38. The number of fused-ring (bicyclic) bond motifs is 3. The Morgan fingerprint density at radius 1 is 1.00 bits per heavy atom. The highest BCUT2D eigenvalue weighted by molar-refractivity contribution is 5.76. The molecule has 1 aliphatic carbocycles. The van der Waals surface area contributed by atoms with Gasteiger partial charge in [0.15, 0.2) is 17.2 Å². The van der Waals surface area contributed by atoms with Gasteiger partial charge >= 0.3 is 0 Å². The van der Waals surface area contributed by atoms with Crippen molar-refractivity contribution in [3.05, 3.63) is 108 Å². The Kier molecular flexibility index (Phi) is 5.26. The second-order valence-corrected chi connectivity index (χ2v) is 9.03. The molecule has 1 saturated heterocycles. The number of anilines is 2. The fourth-order valence-electron chi connectivity index (χ4n) is 5.25. The molecule has 6 nitrogen and oxygen atoms in total. The number of hydrogen-bond acceptors (Lipinski definition) is 5. The number of nitrogens with zero attached hydrogens (tertiary/aromatic N) is 3. The van der Waals surface area contributed by atoms with Gasteiger partial charge in [-0.15, -0.1) is 0 Å². The lowest BCUT2D eigenvalue weighted by Gasteiger charge is -2.39. The first-order valence-corrected chi connectivity index (χ1v) is 11.8. The molecule has 4 aliphatic rings. The fraction of sp³-hybridized carbons (Fsp3) is 0.259. The molecule has 2 aromatic carbocycles. The van der Waals surface area contributed by atoms with Gasteiger partial charge in [0.1, 0.15) is 5.69 Å². The zero-order valence-corrected chi connectivity index (χ0v) is 18.7. The molecule has 3 heterocycles. The number of rotatable bonds is 4. The van der Waals surface area contributed by atoms with Crippen LogP contribution in [0.3, 0.4) is 0 Å². The van der Waals surface area contributed by atoms with Crippen LogP contribution in [0.15, 0.2) is 96.8 Å². The molecule has 2 aromatic rings. The van der Waals surface area contributed by atoms with Crippen molar-refractivity contribution >= 4 is 17.1 Å². The van der Waals surface area contributed by atoms with E-state index in [-0.39, 0.29) is 11.0 Å². The summed E-state index contributed by atoms with van der Waals surface area (Å²) in [7, 11) is 0. The standard InChI is InChI=1S/C27H29N5O/c33-32-24-12-11-23(30-17-15-29(16-18-30)20-21-7-3-1-4-8-21)19-25(24)31-14-13-28-27(31)26(32)22-9-5-2-6-10-22/h1-9,11-14,19,22,28,32H,10,15-18,20H2. The fourth-order valence-corrected chi connectivity index (χ4v) is 5.25. The molecule has 3 aliphatic heterocycles. The van der Waals surface area contributed by atoms with Gasteiger partial charge in [-0.1, -0.05) is 54.6 Å². The molecule has 1 fully saturated rings. The van der Waals surface area contributed by atoms with Crippen LogP contribution in [0.25, 0.3) is 0 Å². The van der Waals surface area contributed by atoms with E-state index in [1.54, 1.807) is 0 Å². The SMILES string of the molecule is [O-][NH+]1C(C2C=CC=CC2)=C2NC=CN2c2cc(N3CCN(Cc4ccccc4)CC3)ccc21. The molecule has 0 amide bonds. The first-order chi connectivity index (χ1) is 16.3. The van der Waals surface area contributed by atoms with Crippen molar-refractivity contribution in [2.75, 3.05) is 36.0 Å². The van der Waals surface area contributed by atoms with Gasteiger partial charge in [-0.25, -0.2) is 0 Å². The van der Waals surface area contributed by atoms with Gasteiger partial charge in [-0.2, -0.15) is 0 Å². The van der Waals surface area contributed by atoms with Crippen LogP contribution in [0.4, 0.5) is 17.1 Å². The summed E-state index contributed by atoms with van der Waals surface area (Å²) in [5.41, 5.74) is 5.17. The lowest BCUT2D eigenvalue weighted by Crippen LogP contribution is -3.02. The maximum absolute atomic E-state index is 13.5. The third kappa shape index (κ3) is 3.76. The first-order valence-electron chi connectivity index (χ1n) is 11.8. The first kappa shape index (κ1) is 20.3. The summed E-state index contributed by atoms with van der Waals surface area (Å²) < 4.78 is 0. The molecule has 168 valence electrons. The van der Waals surface area contributed by atoms with Crippen molar-refractivity contribution in [3.8, 4) is 0 Å². The van der Waals surface area contributed by atoms with E-state index in [4.69, 9.17) is 0 Å². The Hall–Kier alpha value is -3.32. The van der Waals surface area contributed by atoms with Crippen LogP contribution in [0.2, 0.25) is 0 Å². The van der Waals surface area contributed by atoms with Crippen LogP contribution in [0.5, 0.6) is 0 Å². The summed E-state index contributed by atoms with van der Waals surface area (Å²) in [6.45, 7) is 5.04. The third-order valence-electron chi connectivity index (χ3n) is 7.01. The molecule has 0 radical (unpaired) electrons. The van der Waals surface area contributed by atoms with E-state index in [9.17, 15) is 5.21 Å². The molecule has 6 rings (SSSR count). The van der Waals surface area contributed by atoms with E-state index in [0.717, 1.165) is 62.0 Å². The summed E-state index contributed by atoms with van der Waals surface area (Å²) in [6.07, 6.45) is 13.2. The number of hydroxylamine groups is 1. The number of benzene rings is 2. The van der Waals surface area contributed by atoms with Gasteiger partial charge in [0.25, 0.3) is 0 Å². The molecule has 2 N–H and O–H groups in total. The smallest absolute Gasteiger partial charge is 0.174 e. The summed E-state index contributed by atoms with van der Waals surface area (Å²) in [4.78, 5) is 7.10. The Bertz CT molecular complexity index is 1140. The molecule has 2 atom stereocenters. The molecule has 6 heteroatoms. The van der Waals surface area contributed by atoms with Crippen LogP contribution < -0.4 is 20.2 Å². The summed E-state index contributed by atoms with van der Waals surface area (Å²) in [6, 6.07) is 17.0. The van der Waals surface area contributed by atoms with E-state index in [0.29, 0.717) is 0 Å². The predicted molar refractivity (Wildman–Crippen MR) is 133 cm³/mol.